The predicted octanol–water partition coefficient (Wildman–Crippen LogP) is 4.14. The number of carbonyl (C=O) groups is 3. The molecule has 258 valence electrons. The lowest BCUT2D eigenvalue weighted by Gasteiger charge is -2.48. The molecule has 0 spiro atoms. The molecule has 7 rings (SSSR count). The van der Waals surface area contributed by atoms with Gasteiger partial charge < -0.3 is 24.8 Å². The van der Waals surface area contributed by atoms with Crippen LogP contribution in [0.4, 0.5) is 0 Å². The predicted molar refractivity (Wildman–Crippen MR) is 182 cm³/mol. The standard InChI is InChI=1S/C37H54ClN5O4/c1-36(2)12-14-37(15-13-36,39-33(44)32-5-4-20-47-32)26-21-31(35(46)41-18-16-40(3)17-19-41)43(22-26)34(45)30-24-42(28-10-11-28)23-29(30)25-6-8-27(38)9-7-25/h6-9,26,28-32H,4-5,10-24H2,1-3H3,(H,39,44)/t26-,29-,30+,31+,32-/m0/s1. The zero-order valence-corrected chi connectivity index (χ0v) is 29.4. The molecule has 6 fully saturated rings. The van der Waals surface area contributed by atoms with Gasteiger partial charge in [-0.25, -0.2) is 0 Å². The average Bonchev–Trinajstić information content (AvgIpc) is 3.43. The molecule has 9 nitrogen and oxygen atoms in total. The first-order valence-corrected chi connectivity index (χ1v) is 18.6. The Balaban J connectivity index is 1.19. The van der Waals surface area contributed by atoms with Crippen molar-refractivity contribution in [2.45, 2.75) is 101 Å². The van der Waals surface area contributed by atoms with Crippen LogP contribution in [0.5, 0.6) is 0 Å². The quantitative estimate of drug-likeness (QED) is 0.471. The largest absolute Gasteiger partial charge is 0.368 e. The minimum absolute atomic E-state index is 0.00392. The molecule has 5 atom stereocenters. The average molecular weight is 668 g/mol. The second-order valence-corrected chi connectivity index (χ2v) is 16.8. The van der Waals surface area contributed by atoms with E-state index in [2.05, 4.69) is 48.1 Å². The van der Waals surface area contributed by atoms with Gasteiger partial charge in [-0.15, -0.1) is 0 Å². The maximum absolute atomic E-state index is 15.0. The van der Waals surface area contributed by atoms with Crippen LogP contribution < -0.4 is 5.32 Å². The molecule has 1 aromatic carbocycles. The van der Waals surface area contributed by atoms with Crippen LogP contribution in [0.3, 0.4) is 0 Å². The van der Waals surface area contributed by atoms with Gasteiger partial charge >= 0.3 is 0 Å². The van der Waals surface area contributed by atoms with Crippen LogP contribution in [0.25, 0.3) is 0 Å². The lowest BCUT2D eigenvalue weighted by atomic mass is 9.64. The van der Waals surface area contributed by atoms with Crippen molar-refractivity contribution in [3.05, 3.63) is 34.9 Å². The molecule has 4 saturated heterocycles. The number of nitrogens with one attached hydrogen (secondary N) is 1. The number of hydrogen-bond donors (Lipinski definition) is 1. The van der Waals surface area contributed by atoms with E-state index in [0.29, 0.717) is 43.7 Å². The molecule has 0 radical (unpaired) electrons. The number of hydrogen-bond acceptors (Lipinski definition) is 6. The summed E-state index contributed by atoms with van der Waals surface area (Å²) in [7, 11) is 2.09. The Morgan fingerprint density at radius 1 is 0.894 bits per heavy atom. The second kappa shape index (κ2) is 13.3. The number of likely N-dealkylation sites (tertiary alicyclic amines) is 2. The summed E-state index contributed by atoms with van der Waals surface area (Å²) in [5.74, 6) is -0.00840. The number of carbonyl (C=O) groups excluding carboxylic acids is 3. The molecule has 0 aromatic heterocycles. The maximum Gasteiger partial charge on any atom is 0.249 e. The Morgan fingerprint density at radius 2 is 1.60 bits per heavy atom. The third-order valence-electron chi connectivity index (χ3n) is 12.6. The van der Waals surface area contributed by atoms with E-state index in [1.54, 1.807) is 0 Å². The number of ether oxygens (including phenoxy) is 1. The molecular formula is C37H54ClN5O4. The SMILES string of the molecule is CN1CCN(C(=O)[C@H]2C[C@H](C3(NC(=O)[C@@H]4CCCO4)CCC(C)(C)CC3)CN2C(=O)[C@@H]2CN(C3CC3)C[C@H]2c2ccc(Cl)cc2)CC1. The van der Waals surface area contributed by atoms with Crippen molar-refractivity contribution >= 4 is 29.3 Å². The molecule has 47 heavy (non-hydrogen) atoms. The van der Waals surface area contributed by atoms with Gasteiger partial charge in [0.2, 0.25) is 17.7 Å². The van der Waals surface area contributed by atoms with Gasteiger partial charge in [0.15, 0.2) is 0 Å². The Labute approximate surface area is 285 Å². The highest BCUT2D eigenvalue weighted by molar-refractivity contribution is 6.30. The van der Waals surface area contributed by atoms with Crippen LogP contribution in [0, 0.1) is 17.3 Å². The number of amides is 3. The van der Waals surface area contributed by atoms with Crippen LogP contribution in [0.1, 0.15) is 83.1 Å². The van der Waals surface area contributed by atoms with Crippen molar-refractivity contribution in [1.82, 2.24) is 24.9 Å². The van der Waals surface area contributed by atoms with Crippen LogP contribution in [0.15, 0.2) is 24.3 Å². The van der Waals surface area contributed by atoms with E-state index in [4.69, 9.17) is 16.3 Å². The van der Waals surface area contributed by atoms with E-state index >= 15 is 0 Å². The number of halogens is 1. The van der Waals surface area contributed by atoms with E-state index in [1.807, 2.05) is 21.9 Å². The first-order valence-electron chi connectivity index (χ1n) is 18.2. The van der Waals surface area contributed by atoms with Crippen molar-refractivity contribution in [1.29, 1.82) is 0 Å². The monoisotopic (exact) mass is 667 g/mol. The third-order valence-corrected chi connectivity index (χ3v) is 12.8. The van der Waals surface area contributed by atoms with Gasteiger partial charge in [0.25, 0.3) is 0 Å². The van der Waals surface area contributed by atoms with Crippen LogP contribution in [-0.4, -0.2) is 121 Å². The van der Waals surface area contributed by atoms with Gasteiger partial charge in [0, 0.05) is 80.9 Å². The Kier molecular flexibility index (Phi) is 9.39. The van der Waals surface area contributed by atoms with E-state index in [1.165, 1.54) is 12.8 Å². The first-order chi connectivity index (χ1) is 22.5. The van der Waals surface area contributed by atoms with Crippen LogP contribution in [0.2, 0.25) is 5.02 Å². The highest BCUT2D eigenvalue weighted by Crippen LogP contribution is 2.48. The Morgan fingerprint density at radius 3 is 2.23 bits per heavy atom. The summed E-state index contributed by atoms with van der Waals surface area (Å²) < 4.78 is 5.82. The fraction of sp³-hybridized carbons (Fsp3) is 0.757. The summed E-state index contributed by atoms with van der Waals surface area (Å²) in [6.45, 7) is 10.4. The normalized spacial score (nSPS) is 32.9. The van der Waals surface area contributed by atoms with Gasteiger partial charge in [0.1, 0.15) is 12.1 Å². The topological polar surface area (TPSA) is 85.4 Å². The number of nitrogens with zero attached hydrogens (tertiary/aromatic N) is 4. The highest BCUT2D eigenvalue weighted by atomic mass is 35.5. The number of likely N-dealkylation sites (N-methyl/N-ethyl adjacent to an activating group) is 1. The summed E-state index contributed by atoms with van der Waals surface area (Å²) in [4.78, 5) is 51.8. The van der Waals surface area contributed by atoms with Crippen LogP contribution in [-0.2, 0) is 19.1 Å². The van der Waals surface area contributed by atoms with Gasteiger partial charge in [-0.2, -0.15) is 0 Å². The summed E-state index contributed by atoms with van der Waals surface area (Å²) in [5.41, 5.74) is 0.881. The first kappa shape index (κ1) is 33.3. The molecule has 2 saturated carbocycles. The Hall–Kier alpha value is -2.20. The van der Waals surface area contributed by atoms with Gasteiger partial charge in [-0.05, 0) is 87.9 Å². The Bertz CT molecular complexity index is 1310. The van der Waals surface area contributed by atoms with Gasteiger partial charge in [-0.1, -0.05) is 37.6 Å². The molecule has 2 aliphatic carbocycles. The molecule has 1 aromatic rings. The number of rotatable bonds is 7. The highest BCUT2D eigenvalue weighted by Gasteiger charge is 2.55. The van der Waals surface area contributed by atoms with Gasteiger partial charge in [-0.3, -0.25) is 19.3 Å². The maximum atomic E-state index is 15.0. The smallest absolute Gasteiger partial charge is 0.249 e. The minimum atomic E-state index is -0.511. The van der Waals surface area contributed by atoms with E-state index in [0.717, 1.165) is 70.3 Å². The van der Waals surface area contributed by atoms with Crippen molar-refractivity contribution in [3.8, 4) is 0 Å². The molecule has 10 heteroatoms. The van der Waals surface area contributed by atoms with Gasteiger partial charge in [0.05, 0.1) is 5.92 Å². The van der Waals surface area contributed by atoms with Crippen molar-refractivity contribution in [2.24, 2.45) is 17.3 Å². The van der Waals surface area contributed by atoms with Crippen molar-refractivity contribution in [2.75, 3.05) is 59.5 Å². The third kappa shape index (κ3) is 6.97. The molecular weight excluding hydrogens is 614 g/mol. The van der Waals surface area contributed by atoms with E-state index in [-0.39, 0.29) is 40.9 Å². The zero-order chi connectivity index (χ0) is 32.9. The molecule has 0 unspecified atom stereocenters. The minimum Gasteiger partial charge on any atom is -0.368 e. The number of benzene rings is 1. The zero-order valence-electron chi connectivity index (χ0n) is 28.6. The van der Waals surface area contributed by atoms with Crippen molar-refractivity contribution < 1.29 is 19.1 Å². The van der Waals surface area contributed by atoms with Crippen LogP contribution >= 0.6 is 11.6 Å². The molecule has 4 aliphatic heterocycles. The molecule has 4 heterocycles. The summed E-state index contributed by atoms with van der Waals surface area (Å²) in [5, 5.41) is 4.24. The molecule has 3 amide bonds. The fourth-order valence-corrected chi connectivity index (χ4v) is 9.28. The summed E-state index contributed by atoms with van der Waals surface area (Å²) in [6.07, 6.45) is 7.92. The summed E-state index contributed by atoms with van der Waals surface area (Å²) in [6, 6.07) is 8.04. The summed E-state index contributed by atoms with van der Waals surface area (Å²) >= 11 is 6.28. The van der Waals surface area contributed by atoms with E-state index < -0.39 is 17.7 Å². The second-order valence-electron chi connectivity index (χ2n) is 16.3. The van der Waals surface area contributed by atoms with Crippen molar-refractivity contribution in [3.63, 3.8) is 0 Å². The molecule has 6 aliphatic rings. The molecule has 1 N–H and O–H groups in total. The molecule has 0 bridgehead atoms. The fourth-order valence-electron chi connectivity index (χ4n) is 9.15. The van der Waals surface area contributed by atoms with E-state index in [9.17, 15) is 14.4 Å². The number of piperazine rings is 1. The lowest BCUT2D eigenvalue weighted by molar-refractivity contribution is -0.147. The lowest BCUT2D eigenvalue weighted by Crippen LogP contribution is -2.59.